The van der Waals surface area contributed by atoms with Gasteiger partial charge in [0.2, 0.25) is 10.0 Å². The topological polar surface area (TPSA) is 84.9 Å². The van der Waals surface area contributed by atoms with Gasteiger partial charge in [0.15, 0.2) is 11.5 Å². The molecule has 1 amide bonds. The number of anilines is 1. The van der Waals surface area contributed by atoms with Gasteiger partial charge in [0, 0.05) is 24.8 Å². The van der Waals surface area contributed by atoms with Gasteiger partial charge in [-0.1, -0.05) is 6.07 Å². The van der Waals surface area contributed by atoms with Crippen molar-refractivity contribution >= 4 is 21.6 Å². The second-order valence-corrected chi connectivity index (χ2v) is 7.55. The molecule has 0 saturated carbocycles. The number of benzene rings is 2. The third-order valence-corrected chi connectivity index (χ3v) is 4.26. The van der Waals surface area contributed by atoms with E-state index in [9.17, 15) is 13.2 Å². The molecule has 2 rings (SSSR count). The van der Waals surface area contributed by atoms with Crippen molar-refractivity contribution in [3.8, 4) is 11.5 Å². The third kappa shape index (κ3) is 5.13. The van der Waals surface area contributed by atoms with Gasteiger partial charge >= 0.3 is 0 Å². The molecule has 2 aromatic carbocycles. The minimum Gasteiger partial charge on any atom is -0.493 e. The number of carbonyl (C=O) groups is 1. The first kappa shape index (κ1) is 19.6. The van der Waals surface area contributed by atoms with E-state index >= 15 is 0 Å². The van der Waals surface area contributed by atoms with Crippen LogP contribution in [0.1, 0.15) is 15.9 Å². The SMILES string of the molecule is COc1ccc(CN(C)C(=O)c2ccc(NS(C)(=O)=O)cc2)cc1OC. The normalized spacial score (nSPS) is 10.9. The number of hydrogen-bond acceptors (Lipinski definition) is 5. The van der Waals surface area contributed by atoms with Crippen LogP contribution in [0.2, 0.25) is 0 Å². The van der Waals surface area contributed by atoms with Gasteiger partial charge in [0.1, 0.15) is 0 Å². The van der Waals surface area contributed by atoms with Gasteiger partial charge in [0.05, 0.1) is 20.5 Å². The van der Waals surface area contributed by atoms with Gasteiger partial charge in [-0.25, -0.2) is 8.42 Å². The molecule has 0 aliphatic rings. The lowest BCUT2D eigenvalue weighted by molar-refractivity contribution is 0.0785. The molecule has 0 atom stereocenters. The Morgan fingerprint density at radius 3 is 2.19 bits per heavy atom. The molecule has 7 nitrogen and oxygen atoms in total. The molecule has 0 heterocycles. The van der Waals surface area contributed by atoms with E-state index in [1.165, 1.54) is 0 Å². The largest absolute Gasteiger partial charge is 0.493 e. The van der Waals surface area contributed by atoms with E-state index in [1.54, 1.807) is 56.5 Å². The first-order chi connectivity index (χ1) is 12.2. The molecule has 0 aliphatic carbocycles. The zero-order valence-electron chi connectivity index (χ0n) is 15.1. The van der Waals surface area contributed by atoms with Crippen LogP contribution in [0.3, 0.4) is 0 Å². The van der Waals surface area contributed by atoms with Crippen molar-refractivity contribution in [2.45, 2.75) is 6.54 Å². The van der Waals surface area contributed by atoms with Crippen LogP contribution in [0.25, 0.3) is 0 Å². The molecule has 0 unspecified atom stereocenters. The summed E-state index contributed by atoms with van der Waals surface area (Å²) in [6.07, 6.45) is 1.07. The standard InChI is InChI=1S/C18H22N2O5S/c1-20(12-13-5-10-16(24-2)17(11-13)25-3)18(21)14-6-8-15(9-7-14)19-26(4,22)23/h5-11,19H,12H2,1-4H3. The minimum atomic E-state index is -3.35. The zero-order chi connectivity index (χ0) is 19.3. The Morgan fingerprint density at radius 2 is 1.65 bits per heavy atom. The first-order valence-electron chi connectivity index (χ1n) is 7.77. The van der Waals surface area contributed by atoms with Crippen molar-refractivity contribution in [3.05, 3.63) is 53.6 Å². The van der Waals surface area contributed by atoms with E-state index < -0.39 is 10.0 Å². The summed E-state index contributed by atoms with van der Waals surface area (Å²) in [5.74, 6) is 1.05. The molecule has 0 fully saturated rings. The number of hydrogen-bond donors (Lipinski definition) is 1. The summed E-state index contributed by atoms with van der Waals surface area (Å²) in [6.45, 7) is 0.391. The third-order valence-electron chi connectivity index (χ3n) is 3.65. The Bertz CT molecular complexity index is 879. The number of rotatable bonds is 7. The highest BCUT2D eigenvalue weighted by molar-refractivity contribution is 7.92. The fourth-order valence-electron chi connectivity index (χ4n) is 2.44. The lowest BCUT2D eigenvalue weighted by atomic mass is 10.1. The summed E-state index contributed by atoms with van der Waals surface area (Å²) < 4.78 is 35.3. The smallest absolute Gasteiger partial charge is 0.253 e. The highest BCUT2D eigenvalue weighted by Gasteiger charge is 2.14. The van der Waals surface area contributed by atoms with E-state index in [0.29, 0.717) is 29.3 Å². The average Bonchev–Trinajstić information content (AvgIpc) is 2.60. The number of ether oxygens (including phenoxy) is 2. The quantitative estimate of drug-likeness (QED) is 0.799. The number of amides is 1. The molecule has 140 valence electrons. The van der Waals surface area contributed by atoms with Gasteiger partial charge < -0.3 is 14.4 Å². The van der Waals surface area contributed by atoms with Crippen LogP contribution in [0.15, 0.2) is 42.5 Å². The molecule has 2 aromatic rings. The van der Waals surface area contributed by atoms with E-state index in [4.69, 9.17) is 9.47 Å². The number of nitrogens with one attached hydrogen (secondary N) is 1. The molecule has 0 aliphatic heterocycles. The number of methoxy groups -OCH3 is 2. The fraction of sp³-hybridized carbons (Fsp3) is 0.278. The van der Waals surface area contributed by atoms with Crippen molar-refractivity contribution in [1.82, 2.24) is 4.90 Å². The van der Waals surface area contributed by atoms with Crippen LogP contribution >= 0.6 is 0 Å². The van der Waals surface area contributed by atoms with Crippen LogP contribution in [0, 0.1) is 0 Å². The lowest BCUT2D eigenvalue weighted by Gasteiger charge is -2.18. The maximum atomic E-state index is 12.6. The molecule has 26 heavy (non-hydrogen) atoms. The van der Waals surface area contributed by atoms with Gasteiger partial charge in [-0.2, -0.15) is 0 Å². The van der Waals surface area contributed by atoms with Gasteiger partial charge in [-0.3, -0.25) is 9.52 Å². The average molecular weight is 378 g/mol. The summed E-state index contributed by atoms with van der Waals surface area (Å²) in [4.78, 5) is 14.1. The predicted octanol–water partition coefficient (Wildman–Crippen LogP) is 2.35. The molecular weight excluding hydrogens is 356 g/mol. The summed E-state index contributed by atoms with van der Waals surface area (Å²) in [6, 6.07) is 11.8. The Morgan fingerprint density at radius 1 is 1.04 bits per heavy atom. The van der Waals surface area contributed by atoms with Crippen molar-refractivity contribution in [2.24, 2.45) is 0 Å². The maximum Gasteiger partial charge on any atom is 0.253 e. The Labute approximate surface area is 153 Å². The fourth-order valence-corrected chi connectivity index (χ4v) is 3.00. The molecular formula is C18H22N2O5S. The molecule has 0 saturated heterocycles. The Balaban J connectivity index is 2.10. The molecule has 0 radical (unpaired) electrons. The molecule has 0 bridgehead atoms. The predicted molar refractivity (Wildman–Crippen MR) is 100 cm³/mol. The van der Waals surface area contributed by atoms with Crippen LogP contribution in [0.4, 0.5) is 5.69 Å². The van der Waals surface area contributed by atoms with E-state index in [-0.39, 0.29) is 5.91 Å². The lowest BCUT2D eigenvalue weighted by Crippen LogP contribution is -2.26. The van der Waals surface area contributed by atoms with Crippen LogP contribution < -0.4 is 14.2 Å². The van der Waals surface area contributed by atoms with Crippen LogP contribution in [-0.2, 0) is 16.6 Å². The highest BCUT2D eigenvalue weighted by atomic mass is 32.2. The molecule has 0 aromatic heterocycles. The van der Waals surface area contributed by atoms with Gasteiger partial charge in [-0.05, 0) is 42.0 Å². The Hall–Kier alpha value is -2.74. The first-order valence-corrected chi connectivity index (χ1v) is 9.67. The van der Waals surface area contributed by atoms with Crippen molar-refractivity contribution in [2.75, 3.05) is 32.2 Å². The van der Waals surface area contributed by atoms with Crippen LogP contribution in [0.5, 0.6) is 11.5 Å². The monoisotopic (exact) mass is 378 g/mol. The summed E-state index contributed by atoms with van der Waals surface area (Å²) in [7, 11) is 1.47. The summed E-state index contributed by atoms with van der Waals surface area (Å²) >= 11 is 0. The highest BCUT2D eigenvalue weighted by Crippen LogP contribution is 2.28. The Kier molecular flexibility index (Phi) is 6.10. The second kappa shape index (κ2) is 8.09. The molecule has 0 spiro atoms. The summed E-state index contributed by atoms with van der Waals surface area (Å²) in [5, 5.41) is 0. The van der Waals surface area contributed by atoms with Crippen molar-refractivity contribution in [1.29, 1.82) is 0 Å². The van der Waals surface area contributed by atoms with E-state index in [2.05, 4.69) is 4.72 Å². The minimum absolute atomic E-state index is 0.175. The van der Waals surface area contributed by atoms with Crippen molar-refractivity contribution in [3.63, 3.8) is 0 Å². The van der Waals surface area contributed by atoms with E-state index in [0.717, 1.165) is 11.8 Å². The van der Waals surface area contributed by atoms with Gasteiger partial charge in [0.25, 0.3) is 5.91 Å². The zero-order valence-corrected chi connectivity index (χ0v) is 16.0. The van der Waals surface area contributed by atoms with Gasteiger partial charge in [-0.15, -0.1) is 0 Å². The molecule has 1 N–H and O–H groups in total. The van der Waals surface area contributed by atoms with Crippen molar-refractivity contribution < 1.29 is 22.7 Å². The second-order valence-electron chi connectivity index (χ2n) is 5.80. The summed E-state index contributed by atoms with van der Waals surface area (Å²) in [5.41, 5.74) is 1.77. The number of nitrogens with zero attached hydrogens (tertiary/aromatic N) is 1. The number of sulfonamides is 1. The van der Waals surface area contributed by atoms with E-state index in [1.807, 2.05) is 12.1 Å². The van der Waals surface area contributed by atoms with Crippen LogP contribution in [-0.4, -0.2) is 46.7 Å². The number of carbonyl (C=O) groups excluding carboxylic acids is 1. The maximum absolute atomic E-state index is 12.6. The molecule has 8 heteroatoms.